The number of rotatable bonds is 0. The van der Waals surface area contributed by atoms with Crippen LogP contribution in [0, 0.1) is 61.9 Å². The van der Waals surface area contributed by atoms with E-state index < -0.39 is 153 Å². The summed E-state index contributed by atoms with van der Waals surface area (Å²) in [7, 11) is 12.3. The fourth-order valence-electron chi connectivity index (χ4n) is 17.0. The average Bonchev–Trinajstić information content (AvgIpc) is 0.836. The zero-order valence-electron chi connectivity index (χ0n) is 98.7. The van der Waals surface area contributed by atoms with Crippen molar-refractivity contribution < 1.29 is 94.3 Å². The van der Waals surface area contributed by atoms with Crippen LogP contribution in [-0.2, 0) is 68.0 Å². The molecule has 15 aromatic rings. The molecule has 0 saturated carbocycles. The number of aromatic nitrogens is 15. The van der Waals surface area contributed by atoms with E-state index >= 15 is 0 Å². The Hall–Kier alpha value is -19.6. The molecule has 150 heavy (non-hydrogen) atoms. The molecular formula is C105H95F5N30O10. The lowest BCUT2D eigenvalue weighted by atomic mass is 10.0. The summed E-state index contributed by atoms with van der Waals surface area (Å²) >= 11 is 0. The number of carbonyl (C=O) groups is 5. The Kier molecular flexibility index (Phi) is 22.9. The molecule has 0 aliphatic carbocycles. The van der Waals surface area contributed by atoms with Crippen molar-refractivity contribution in [1.29, 1.82) is 0 Å². The van der Waals surface area contributed by atoms with Crippen LogP contribution in [0.4, 0.5) is 80.1 Å². The number of hydrogen-bond donors (Lipinski definition) is 5. The van der Waals surface area contributed by atoms with E-state index in [1.165, 1.54) is 127 Å². The molecule has 10 N–H and O–H groups in total. The number of nitrogens with two attached hydrogens (primary N) is 5. The van der Waals surface area contributed by atoms with Crippen LogP contribution >= 0.6 is 0 Å². The minimum Gasteiger partial charge on any atom is -0.482 e. The molecule has 10 aromatic heterocycles. The SMILES string of the molecule is [2H]C([2H])([2H])C1([2H])Oc2cc(cnc2N)-c2c(nn(C)c2[N+]#[C-])CN(C)C(=O)c2ccc(F)cc21.[2H]C([2H])([2H])N1Cc2nn(C)c([N+]#[C-])c2-c2cnc(N)c(c2)OC([2H])(C([2H])([2H])[2H])c2cc(F)ccc2C1=O.[2H]C([2H])([2H])N1Cc2nn(C)c([N+]#[C-])c2-c2cnc(N)c(c2)O[C@@H](C)c2cc(F)ccc2C1=O.[2H]C([2H])([2H])[C@@]1([2H])Oc2cc(cnc2N)-c2c(nn(C)c2[N+]#[C-])CN(C)C(=O)c2ccc(F)cc21.[C-]#[N+]c1c2c(nn1C)CN(C)C(=O)c1ccc(F)cc1[C@H](C)Oc1cc-2cnc1N. The summed E-state index contributed by atoms with van der Waals surface area (Å²) in [4.78, 5) is 110. The Morgan fingerprint density at radius 2 is 0.500 bits per heavy atom. The number of aryl methyl sites for hydroxylation is 5. The van der Waals surface area contributed by atoms with Crippen molar-refractivity contribution in [3.8, 4) is 84.4 Å². The molecule has 40 nitrogen and oxygen atoms in total. The number of ether oxygens (including phenoxy) is 5. The van der Waals surface area contributed by atoms with E-state index in [0.717, 1.165) is 60.7 Å². The van der Waals surface area contributed by atoms with E-state index in [1.54, 1.807) is 67.4 Å². The van der Waals surface area contributed by atoms with Crippen LogP contribution in [0.5, 0.6) is 28.7 Å². The third-order valence-electron chi connectivity index (χ3n) is 24.1. The number of nitrogen functional groups attached to an aromatic ring is 5. The summed E-state index contributed by atoms with van der Waals surface area (Å²) in [5, 5.41) is 21.7. The van der Waals surface area contributed by atoms with Gasteiger partial charge >= 0.3 is 0 Å². The van der Waals surface area contributed by atoms with Crippen LogP contribution < -0.4 is 52.4 Å². The second kappa shape index (κ2) is 42.0. The minimum atomic E-state index is -3.33. The first-order valence-corrected chi connectivity index (χ1v) is 44.4. The average molecular weight is 2050 g/mol. The van der Waals surface area contributed by atoms with Gasteiger partial charge in [0.05, 0.1) is 72.1 Å². The van der Waals surface area contributed by atoms with Gasteiger partial charge in [-0.25, -0.2) is 70.3 Å². The number of amides is 5. The normalized spacial score (nSPS) is 19.6. The quantitative estimate of drug-likeness (QED) is 0.0695. The lowest BCUT2D eigenvalue weighted by Gasteiger charge is -2.23. The van der Waals surface area contributed by atoms with Crippen LogP contribution in [-0.4, -0.2) is 163 Å². The molecule has 760 valence electrons. The Morgan fingerprint density at radius 1 is 0.307 bits per heavy atom. The molecule has 2 unspecified atom stereocenters. The van der Waals surface area contributed by atoms with E-state index in [0.29, 0.717) is 94.4 Å². The number of halogens is 5. The zero-order valence-corrected chi connectivity index (χ0v) is 80.7. The van der Waals surface area contributed by atoms with Crippen LogP contribution in [0.1, 0.15) is 198 Å². The second-order valence-electron chi connectivity index (χ2n) is 34.1. The van der Waals surface area contributed by atoms with Crippen molar-refractivity contribution in [3.63, 3.8) is 0 Å². The summed E-state index contributed by atoms with van der Waals surface area (Å²) in [6, 6.07) is 22.7. The van der Waals surface area contributed by atoms with Gasteiger partial charge in [0.2, 0.25) is 0 Å². The molecule has 10 bridgehead atoms. The summed E-state index contributed by atoms with van der Waals surface area (Å²) in [5.41, 5.74) is 32.9. The first kappa shape index (κ1) is 81.7. The lowest BCUT2D eigenvalue weighted by Crippen LogP contribution is -2.28. The van der Waals surface area contributed by atoms with Gasteiger partial charge in [0.25, 0.3) is 58.6 Å². The standard InChI is InChI=1S/5C21H19FN6O2/c5*1-11-15-8-13(22)5-6-14(15)21(29)27(3)10-16-18(20(24-2)28(4)26-16)12-7-17(30-11)19(23)25-9-12/h5*5-9,11H,10H2,1,3-4H3,(H2,23,25)/t3*11-;;/m100../s1/i1D3,11D;3D3;;1D3,3D3,11D;1D3,11D. The maximum Gasteiger partial charge on any atom is 0.260 e. The van der Waals surface area contributed by atoms with Gasteiger partial charge in [-0.3, -0.25) is 24.0 Å². The summed E-state index contributed by atoms with van der Waals surface area (Å²) in [6.07, 6.45) is -3.55. The highest BCUT2D eigenvalue weighted by Crippen LogP contribution is 2.47. The Balaban J connectivity index is 0.000000147. The topological polar surface area (TPSA) is 453 Å². The van der Waals surface area contributed by atoms with Gasteiger partial charge < -0.3 is 101 Å². The van der Waals surface area contributed by atoms with Gasteiger partial charge in [-0.2, -0.15) is 0 Å². The minimum absolute atomic E-state index is 0.0210. The fraction of sp³-hybridized carbons (Fsp3) is 0.238. The van der Waals surface area contributed by atoms with Crippen LogP contribution in [0.3, 0.4) is 0 Å². The maximum atomic E-state index is 14.4. The van der Waals surface area contributed by atoms with Gasteiger partial charge in [-0.1, -0.05) is 32.9 Å². The molecule has 20 rings (SSSR count). The van der Waals surface area contributed by atoms with Crippen molar-refractivity contribution in [2.75, 3.05) is 63.8 Å². The third kappa shape index (κ3) is 20.3. The lowest BCUT2D eigenvalue weighted by molar-refractivity contribution is 0.0771. The number of pyridine rings is 5. The molecule has 0 radical (unpaired) electrons. The van der Waals surface area contributed by atoms with Crippen molar-refractivity contribution in [1.82, 2.24) is 98.3 Å². The van der Waals surface area contributed by atoms with Crippen LogP contribution in [0.2, 0.25) is 0 Å². The molecule has 0 fully saturated rings. The highest BCUT2D eigenvalue weighted by molar-refractivity contribution is 6.00. The number of carbonyl (C=O) groups excluding carboxylic acids is 5. The zero-order chi connectivity index (χ0) is 123. The predicted molar refractivity (Wildman–Crippen MR) is 542 cm³/mol. The maximum absolute atomic E-state index is 14.4. The van der Waals surface area contributed by atoms with Crippen molar-refractivity contribution in [2.45, 2.75) is 97.6 Å². The summed E-state index contributed by atoms with van der Waals surface area (Å²) < 4.78 is 253. The largest absolute Gasteiger partial charge is 0.482 e. The number of anilines is 5. The number of nitrogens with zero attached hydrogens (tertiary/aromatic N) is 25. The van der Waals surface area contributed by atoms with Crippen LogP contribution in [0.15, 0.2) is 152 Å². The molecule has 5 aliphatic heterocycles. The first-order valence-electron chi connectivity index (χ1n) is 53.4. The van der Waals surface area contributed by atoms with E-state index in [1.807, 2.05) is 0 Å². The van der Waals surface area contributed by atoms with Gasteiger partial charge in [-0.05, 0) is 184 Å². The molecule has 5 amide bonds. The molecule has 5 aromatic carbocycles. The highest BCUT2D eigenvalue weighted by atomic mass is 19.1. The smallest absolute Gasteiger partial charge is 0.260 e. The van der Waals surface area contributed by atoms with Gasteiger partial charge in [0.15, 0.2) is 57.8 Å². The van der Waals surface area contributed by atoms with Gasteiger partial charge in [-0.15, -0.1) is 25.5 Å². The molecule has 5 atom stereocenters. The number of hydrogen-bond acceptors (Lipinski definition) is 25. The predicted octanol–water partition coefficient (Wildman–Crippen LogP) is 17.4. The Labute approximate surface area is 880 Å². The van der Waals surface area contributed by atoms with E-state index in [2.05, 4.69) is 74.6 Å². The first-order chi connectivity index (χ1) is 78.6. The van der Waals surface area contributed by atoms with E-state index in [9.17, 15) is 45.9 Å². The Morgan fingerprint density at radius 3 is 0.707 bits per heavy atom. The fourth-order valence-corrected chi connectivity index (χ4v) is 17.0. The molecule has 0 saturated heterocycles. The van der Waals surface area contributed by atoms with Crippen molar-refractivity contribution in [2.24, 2.45) is 35.2 Å². The highest BCUT2D eigenvalue weighted by Gasteiger charge is 2.37. The van der Waals surface area contributed by atoms with E-state index in [-0.39, 0.29) is 151 Å². The van der Waals surface area contributed by atoms with Crippen molar-refractivity contribution in [3.05, 3.63) is 323 Å². The van der Waals surface area contributed by atoms with Crippen molar-refractivity contribution >= 4 is 87.7 Å². The Bertz CT molecular complexity index is 8900. The molecule has 0 spiro atoms. The van der Waals surface area contributed by atoms with E-state index in [4.69, 9.17) is 110 Å². The molecule has 15 heterocycles. The van der Waals surface area contributed by atoms with Gasteiger partial charge in [0.1, 0.15) is 88.0 Å². The third-order valence-corrected chi connectivity index (χ3v) is 24.1. The molecule has 45 heteroatoms. The summed E-state index contributed by atoms with van der Waals surface area (Å²) in [6.45, 7) is 24.6. The second-order valence-corrected chi connectivity index (χ2v) is 34.1. The monoisotopic (exact) mass is 2050 g/mol. The van der Waals surface area contributed by atoms with Gasteiger partial charge in [0, 0.05) is 170 Å². The van der Waals surface area contributed by atoms with Crippen LogP contribution in [0.25, 0.3) is 79.9 Å². The number of fused-ring (bicyclic) bond motifs is 25. The molecular weight excluding hydrogens is 1940 g/mol. The molecule has 5 aliphatic rings. The number of benzene rings is 5. The summed E-state index contributed by atoms with van der Waals surface area (Å²) in [5.74, 6) is -7.83.